The Morgan fingerprint density at radius 1 is 1.50 bits per heavy atom. The highest BCUT2D eigenvalue weighted by molar-refractivity contribution is 9.10. The van der Waals surface area contributed by atoms with E-state index in [0.717, 1.165) is 22.6 Å². The predicted octanol–water partition coefficient (Wildman–Crippen LogP) is 3.13. The minimum absolute atomic E-state index is 0.253. The van der Waals surface area contributed by atoms with E-state index in [9.17, 15) is 0 Å². The van der Waals surface area contributed by atoms with Gasteiger partial charge >= 0.3 is 0 Å². The maximum Gasteiger partial charge on any atom is 0.0551 e. The molecule has 20 heavy (non-hydrogen) atoms. The van der Waals surface area contributed by atoms with Gasteiger partial charge in [-0.15, -0.1) is 0 Å². The van der Waals surface area contributed by atoms with Crippen molar-refractivity contribution in [1.82, 2.24) is 9.80 Å². The molecular weight excluding hydrogens is 338 g/mol. The number of halogens is 2. The zero-order valence-electron chi connectivity index (χ0n) is 12.1. The minimum Gasteiger partial charge on any atom is -0.329 e. The van der Waals surface area contributed by atoms with Gasteiger partial charge in [-0.05, 0) is 67.1 Å². The summed E-state index contributed by atoms with van der Waals surface area (Å²) >= 11 is 9.66. The number of piperidine rings is 1. The standard InChI is InChI=1S/C15H23BrClN3/c1-19(2)12-4-3-7-20(10-12)15(9-18)11-5-6-13(16)14(17)8-11/h5-6,8,12,15H,3-4,7,9-10,18H2,1-2H3. The first kappa shape index (κ1) is 16.2. The Bertz CT molecular complexity index is 453. The Hall–Kier alpha value is -0.130. The molecule has 1 fully saturated rings. The van der Waals surface area contributed by atoms with E-state index in [0.29, 0.717) is 12.6 Å². The highest BCUT2D eigenvalue weighted by Gasteiger charge is 2.27. The molecule has 1 saturated heterocycles. The van der Waals surface area contributed by atoms with Crippen LogP contribution in [0.15, 0.2) is 22.7 Å². The molecule has 0 radical (unpaired) electrons. The number of hydrogen-bond donors (Lipinski definition) is 1. The SMILES string of the molecule is CN(C)C1CCCN(C(CN)c2ccc(Br)c(Cl)c2)C1. The lowest BCUT2D eigenvalue weighted by molar-refractivity contribution is 0.0984. The second-order valence-corrected chi connectivity index (χ2v) is 6.94. The van der Waals surface area contributed by atoms with Crippen LogP contribution in [0.3, 0.4) is 0 Å². The van der Waals surface area contributed by atoms with Crippen LogP contribution < -0.4 is 5.73 Å². The Morgan fingerprint density at radius 3 is 2.85 bits per heavy atom. The number of likely N-dealkylation sites (N-methyl/N-ethyl adjacent to an activating group) is 1. The van der Waals surface area contributed by atoms with Gasteiger partial charge < -0.3 is 10.6 Å². The molecule has 2 atom stereocenters. The smallest absolute Gasteiger partial charge is 0.0551 e. The van der Waals surface area contributed by atoms with E-state index in [1.54, 1.807) is 0 Å². The van der Waals surface area contributed by atoms with Crippen LogP contribution in [0, 0.1) is 0 Å². The van der Waals surface area contributed by atoms with E-state index in [2.05, 4.69) is 45.9 Å². The average molecular weight is 361 g/mol. The summed E-state index contributed by atoms with van der Waals surface area (Å²) in [6, 6.07) is 7.02. The minimum atomic E-state index is 0.253. The van der Waals surface area contributed by atoms with Gasteiger partial charge in [0.2, 0.25) is 0 Å². The monoisotopic (exact) mass is 359 g/mol. The van der Waals surface area contributed by atoms with Crippen LogP contribution in [0.25, 0.3) is 0 Å². The fraction of sp³-hybridized carbons (Fsp3) is 0.600. The van der Waals surface area contributed by atoms with Crippen molar-refractivity contribution in [3.8, 4) is 0 Å². The van der Waals surface area contributed by atoms with Crippen molar-refractivity contribution < 1.29 is 0 Å². The van der Waals surface area contributed by atoms with Crippen LogP contribution in [0.1, 0.15) is 24.4 Å². The third-order valence-corrected chi connectivity index (χ3v) is 5.38. The van der Waals surface area contributed by atoms with E-state index in [1.165, 1.54) is 18.4 Å². The Labute approximate surface area is 135 Å². The van der Waals surface area contributed by atoms with Gasteiger partial charge in [-0.2, -0.15) is 0 Å². The van der Waals surface area contributed by atoms with Crippen molar-refractivity contribution in [3.05, 3.63) is 33.3 Å². The predicted molar refractivity (Wildman–Crippen MR) is 89.2 cm³/mol. The van der Waals surface area contributed by atoms with Crippen LogP contribution in [-0.4, -0.2) is 49.6 Å². The van der Waals surface area contributed by atoms with Crippen molar-refractivity contribution in [2.75, 3.05) is 33.7 Å². The average Bonchev–Trinajstić information content (AvgIpc) is 2.44. The number of rotatable bonds is 4. The Kier molecular flexibility index (Phi) is 5.87. The van der Waals surface area contributed by atoms with Gasteiger partial charge in [0.05, 0.1) is 5.02 Å². The fourth-order valence-corrected chi connectivity index (χ4v) is 3.34. The molecule has 1 aromatic rings. The van der Waals surface area contributed by atoms with Crippen LogP contribution in [0.2, 0.25) is 5.02 Å². The number of likely N-dealkylation sites (tertiary alicyclic amines) is 1. The number of benzene rings is 1. The molecule has 3 nitrogen and oxygen atoms in total. The van der Waals surface area contributed by atoms with E-state index in [4.69, 9.17) is 17.3 Å². The van der Waals surface area contributed by atoms with Crippen LogP contribution in [0.5, 0.6) is 0 Å². The topological polar surface area (TPSA) is 32.5 Å². The van der Waals surface area contributed by atoms with Crippen molar-refractivity contribution >= 4 is 27.5 Å². The highest BCUT2D eigenvalue weighted by atomic mass is 79.9. The maximum atomic E-state index is 6.22. The molecule has 0 spiro atoms. The normalized spacial score (nSPS) is 22.2. The fourth-order valence-electron chi connectivity index (χ4n) is 2.90. The second-order valence-electron chi connectivity index (χ2n) is 5.68. The molecule has 2 rings (SSSR count). The summed E-state index contributed by atoms with van der Waals surface area (Å²) < 4.78 is 0.934. The summed E-state index contributed by atoms with van der Waals surface area (Å²) in [4.78, 5) is 4.81. The molecule has 1 aliphatic rings. The van der Waals surface area contributed by atoms with E-state index >= 15 is 0 Å². The summed E-state index contributed by atoms with van der Waals surface area (Å²) in [5, 5.41) is 0.752. The molecule has 2 unspecified atom stereocenters. The van der Waals surface area contributed by atoms with Crippen molar-refractivity contribution in [2.45, 2.75) is 24.9 Å². The molecule has 0 aromatic heterocycles. The number of nitrogens with two attached hydrogens (primary N) is 1. The lowest BCUT2D eigenvalue weighted by Crippen LogP contribution is -2.47. The van der Waals surface area contributed by atoms with Crippen LogP contribution in [0.4, 0.5) is 0 Å². The molecule has 0 aliphatic carbocycles. The number of nitrogens with zero attached hydrogens (tertiary/aromatic N) is 2. The quantitative estimate of drug-likeness (QED) is 0.895. The number of hydrogen-bond acceptors (Lipinski definition) is 3. The second kappa shape index (κ2) is 7.23. The zero-order chi connectivity index (χ0) is 14.7. The molecule has 112 valence electrons. The Balaban J connectivity index is 2.16. The molecular formula is C15H23BrClN3. The lowest BCUT2D eigenvalue weighted by Gasteiger charge is -2.40. The van der Waals surface area contributed by atoms with Crippen LogP contribution in [-0.2, 0) is 0 Å². The lowest BCUT2D eigenvalue weighted by atomic mass is 9.99. The van der Waals surface area contributed by atoms with Gasteiger partial charge in [-0.25, -0.2) is 0 Å². The molecule has 5 heteroatoms. The van der Waals surface area contributed by atoms with Gasteiger partial charge in [0.25, 0.3) is 0 Å². The molecule has 0 saturated carbocycles. The third-order valence-electron chi connectivity index (χ3n) is 4.15. The molecule has 1 aromatic carbocycles. The van der Waals surface area contributed by atoms with Crippen molar-refractivity contribution in [3.63, 3.8) is 0 Å². The van der Waals surface area contributed by atoms with E-state index in [-0.39, 0.29) is 6.04 Å². The van der Waals surface area contributed by atoms with Gasteiger partial charge in [-0.3, -0.25) is 4.90 Å². The van der Waals surface area contributed by atoms with E-state index in [1.807, 2.05) is 12.1 Å². The van der Waals surface area contributed by atoms with Gasteiger partial charge in [0, 0.05) is 29.6 Å². The molecule has 1 aliphatic heterocycles. The van der Waals surface area contributed by atoms with E-state index < -0.39 is 0 Å². The summed E-state index contributed by atoms with van der Waals surface area (Å²) in [5.74, 6) is 0. The zero-order valence-corrected chi connectivity index (χ0v) is 14.5. The molecule has 2 N–H and O–H groups in total. The third kappa shape index (κ3) is 3.74. The van der Waals surface area contributed by atoms with Crippen molar-refractivity contribution in [1.29, 1.82) is 0 Å². The van der Waals surface area contributed by atoms with Crippen molar-refractivity contribution in [2.24, 2.45) is 5.73 Å². The Morgan fingerprint density at radius 2 is 2.25 bits per heavy atom. The first-order valence-corrected chi connectivity index (χ1v) is 8.25. The largest absolute Gasteiger partial charge is 0.329 e. The van der Waals surface area contributed by atoms with Gasteiger partial charge in [0.15, 0.2) is 0 Å². The summed E-state index contributed by atoms with van der Waals surface area (Å²) in [5.41, 5.74) is 7.24. The highest BCUT2D eigenvalue weighted by Crippen LogP contribution is 2.30. The van der Waals surface area contributed by atoms with Crippen LogP contribution >= 0.6 is 27.5 Å². The molecule has 0 amide bonds. The first-order valence-electron chi connectivity index (χ1n) is 7.08. The van der Waals surface area contributed by atoms with Gasteiger partial charge in [-0.1, -0.05) is 17.7 Å². The first-order chi connectivity index (χ1) is 9.52. The molecule has 0 bridgehead atoms. The van der Waals surface area contributed by atoms with Gasteiger partial charge in [0.1, 0.15) is 0 Å². The molecule has 1 heterocycles. The maximum absolute atomic E-state index is 6.22. The summed E-state index contributed by atoms with van der Waals surface area (Å²) in [6.07, 6.45) is 2.49. The summed E-state index contributed by atoms with van der Waals surface area (Å²) in [6.45, 7) is 2.81. The summed E-state index contributed by atoms with van der Waals surface area (Å²) in [7, 11) is 4.31.